The van der Waals surface area contributed by atoms with E-state index in [0.29, 0.717) is 5.92 Å². The summed E-state index contributed by atoms with van der Waals surface area (Å²) in [7, 11) is 0. The highest BCUT2D eigenvalue weighted by molar-refractivity contribution is 5.67. The molecule has 0 radical (unpaired) electrons. The minimum Gasteiger partial charge on any atom is -0.459 e. The van der Waals surface area contributed by atoms with Crippen LogP contribution in [0.25, 0.3) is 0 Å². The van der Waals surface area contributed by atoms with E-state index in [9.17, 15) is 4.79 Å². The van der Waals surface area contributed by atoms with Gasteiger partial charge in [-0.15, -0.1) is 0 Å². The highest BCUT2D eigenvalue weighted by atomic mass is 16.6. The molecule has 0 bridgehead atoms. The first kappa shape index (κ1) is 6.59. The number of rotatable bonds is 1. The van der Waals surface area contributed by atoms with Gasteiger partial charge >= 0.3 is 5.97 Å². The van der Waals surface area contributed by atoms with Crippen LogP contribution in [0, 0.1) is 5.92 Å². The lowest BCUT2D eigenvalue weighted by Gasteiger charge is -2.08. The summed E-state index contributed by atoms with van der Waals surface area (Å²) in [6, 6.07) is 0. The summed E-state index contributed by atoms with van der Waals surface area (Å²) in [6.07, 6.45) is 1.02. The molecule has 1 aliphatic carbocycles. The molecule has 1 rings (SSSR count). The molecule has 0 N–H and O–H groups in total. The number of hydrogen-bond acceptors (Lipinski definition) is 2. The third-order valence-electron chi connectivity index (χ3n) is 1.97. The Hall–Kier alpha value is -0.530. The standard InChI is InChI=1S/C7H12O2/c1-5-4-7(5,3)9-6(2)8/h5H,4H2,1-3H3/t5?,7-/m0/s1. The molecule has 0 aromatic rings. The van der Waals surface area contributed by atoms with E-state index in [4.69, 9.17) is 4.74 Å². The fourth-order valence-electron chi connectivity index (χ4n) is 1.02. The fourth-order valence-corrected chi connectivity index (χ4v) is 1.02. The van der Waals surface area contributed by atoms with Gasteiger partial charge in [0.25, 0.3) is 0 Å². The van der Waals surface area contributed by atoms with Crippen LogP contribution in [0.3, 0.4) is 0 Å². The average Bonchev–Trinajstić information content (AvgIpc) is 2.10. The summed E-state index contributed by atoms with van der Waals surface area (Å²) in [5.41, 5.74) is -0.119. The summed E-state index contributed by atoms with van der Waals surface area (Å²) in [5, 5.41) is 0. The Morgan fingerprint density at radius 2 is 2.22 bits per heavy atom. The smallest absolute Gasteiger partial charge is 0.303 e. The van der Waals surface area contributed by atoms with Gasteiger partial charge in [-0.05, 0) is 19.3 Å². The van der Waals surface area contributed by atoms with E-state index >= 15 is 0 Å². The number of ether oxygens (including phenoxy) is 1. The first-order chi connectivity index (χ1) is 4.04. The number of esters is 1. The molecule has 0 amide bonds. The Balaban J connectivity index is 2.37. The Morgan fingerprint density at radius 3 is 2.33 bits per heavy atom. The van der Waals surface area contributed by atoms with E-state index in [-0.39, 0.29) is 11.6 Å². The van der Waals surface area contributed by atoms with Crippen molar-refractivity contribution in [3.63, 3.8) is 0 Å². The molecular formula is C7H12O2. The van der Waals surface area contributed by atoms with Crippen LogP contribution < -0.4 is 0 Å². The molecule has 0 heterocycles. The van der Waals surface area contributed by atoms with Gasteiger partial charge < -0.3 is 4.74 Å². The second-order valence-corrected chi connectivity index (χ2v) is 3.01. The molecule has 0 aromatic heterocycles. The lowest BCUT2D eigenvalue weighted by molar-refractivity contribution is -0.148. The van der Waals surface area contributed by atoms with Crippen molar-refractivity contribution >= 4 is 5.97 Å². The zero-order valence-corrected chi connectivity index (χ0v) is 6.10. The van der Waals surface area contributed by atoms with Gasteiger partial charge in [-0.3, -0.25) is 4.79 Å². The van der Waals surface area contributed by atoms with E-state index in [1.165, 1.54) is 6.92 Å². The lowest BCUT2D eigenvalue weighted by atomic mass is 10.3. The first-order valence-electron chi connectivity index (χ1n) is 3.24. The van der Waals surface area contributed by atoms with Crippen LogP contribution in [0.2, 0.25) is 0 Å². The highest BCUT2D eigenvalue weighted by Gasteiger charge is 2.50. The number of carbonyl (C=O) groups is 1. The molecule has 1 fully saturated rings. The third kappa shape index (κ3) is 1.23. The molecule has 0 aliphatic heterocycles. The van der Waals surface area contributed by atoms with Gasteiger partial charge in [0.05, 0.1) is 0 Å². The maximum atomic E-state index is 10.4. The Kier molecular flexibility index (Phi) is 1.26. The summed E-state index contributed by atoms with van der Waals surface area (Å²) < 4.78 is 5.02. The van der Waals surface area contributed by atoms with Gasteiger partial charge in [-0.25, -0.2) is 0 Å². The quantitative estimate of drug-likeness (QED) is 0.498. The fraction of sp³-hybridized carbons (Fsp3) is 0.857. The summed E-state index contributed by atoms with van der Waals surface area (Å²) in [5.74, 6) is 0.392. The zero-order valence-electron chi connectivity index (χ0n) is 6.10. The largest absolute Gasteiger partial charge is 0.459 e. The lowest BCUT2D eigenvalue weighted by Crippen LogP contribution is -2.14. The second-order valence-electron chi connectivity index (χ2n) is 3.01. The van der Waals surface area contributed by atoms with Crippen LogP contribution in [-0.4, -0.2) is 11.6 Å². The topological polar surface area (TPSA) is 26.3 Å². The van der Waals surface area contributed by atoms with Crippen molar-refractivity contribution in [3.05, 3.63) is 0 Å². The number of hydrogen-bond donors (Lipinski definition) is 0. The molecule has 1 aliphatic rings. The molecule has 2 nitrogen and oxygen atoms in total. The van der Waals surface area contributed by atoms with E-state index < -0.39 is 0 Å². The highest BCUT2D eigenvalue weighted by Crippen LogP contribution is 2.45. The Labute approximate surface area is 55.2 Å². The predicted molar refractivity (Wildman–Crippen MR) is 34.0 cm³/mol. The van der Waals surface area contributed by atoms with Crippen molar-refractivity contribution in [1.29, 1.82) is 0 Å². The second kappa shape index (κ2) is 1.72. The maximum absolute atomic E-state index is 10.4. The predicted octanol–water partition coefficient (Wildman–Crippen LogP) is 1.35. The molecule has 2 atom stereocenters. The van der Waals surface area contributed by atoms with E-state index in [1.807, 2.05) is 6.92 Å². The van der Waals surface area contributed by atoms with Gasteiger partial charge in [0.1, 0.15) is 5.60 Å². The minimum atomic E-state index is -0.165. The molecule has 52 valence electrons. The molecule has 0 aromatic carbocycles. The van der Waals surface area contributed by atoms with Gasteiger partial charge in [0, 0.05) is 6.92 Å². The van der Waals surface area contributed by atoms with E-state index in [0.717, 1.165) is 6.42 Å². The summed E-state index contributed by atoms with van der Waals surface area (Å²) in [4.78, 5) is 10.4. The third-order valence-corrected chi connectivity index (χ3v) is 1.97. The van der Waals surface area contributed by atoms with Crippen LogP contribution in [0.5, 0.6) is 0 Å². The summed E-state index contributed by atoms with van der Waals surface area (Å²) >= 11 is 0. The van der Waals surface area contributed by atoms with Gasteiger partial charge in [0.15, 0.2) is 0 Å². The van der Waals surface area contributed by atoms with E-state index in [2.05, 4.69) is 6.92 Å². The molecule has 2 heteroatoms. The van der Waals surface area contributed by atoms with Crippen molar-refractivity contribution in [2.45, 2.75) is 32.8 Å². The van der Waals surface area contributed by atoms with E-state index in [1.54, 1.807) is 0 Å². The Morgan fingerprint density at radius 1 is 1.78 bits per heavy atom. The van der Waals surface area contributed by atoms with Gasteiger partial charge in [-0.1, -0.05) is 6.92 Å². The number of carbonyl (C=O) groups excluding carboxylic acids is 1. The SMILES string of the molecule is CC(=O)O[C@@]1(C)CC1C. The minimum absolute atomic E-state index is 0.119. The molecular weight excluding hydrogens is 116 g/mol. The normalized spacial score (nSPS) is 40.1. The van der Waals surface area contributed by atoms with Crippen molar-refractivity contribution in [1.82, 2.24) is 0 Å². The van der Waals surface area contributed by atoms with Crippen molar-refractivity contribution in [2.75, 3.05) is 0 Å². The zero-order chi connectivity index (χ0) is 7.07. The van der Waals surface area contributed by atoms with Crippen molar-refractivity contribution in [2.24, 2.45) is 5.92 Å². The van der Waals surface area contributed by atoms with Gasteiger partial charge in [-0.2, -0.15) is 0 Å². The molecule has 0 saturated heterocycles. The summed E-state index contributed by atoms with van der Waals surface area (Å²) in [6.45, 7) is 5.51. The van der Waals surface area contributed by atoms with Crippen LogP contribution >= 0.6 is 0 Å². The average molecular weight is 128 g/mol. The maximum Gasteiger partial charge on any atom is 0.303 e. The molecule has 9 heavy (non-hydrogen) atoms. The molecule has 1 unspecified atom stereocenters. The molecule has 0 spiro atoms. The van der Waals surface area contributed by atoms with Gasteiger partial charge in [0.2, 0.25) is 0 Å². The Bertz CT molecular complexity index is 142. The van der Waals surface area contributed by atoms with Crippen LogP contribution in [0.1, 0.15) is 27.2 Å². The van der Waals surface area contributed by atoms with Crippen LogP contribution in [0.15, 0.2) is 0 Å². The monoisotopic (exact) mass is 128 g/mol. The first-order valence-corrected chi connectivity index (χ1v) is 3.24. The van der Waals surface area contributed by atoms with Crippen LogP contribution in [0.4, 0.5) is 0 Å². The van der Waals surface area contributed by atoms with Crippen molar-refractivity contribution in [3.8, 4) is 0 Å². The van der Waals surface area contributed by atoms with Crippen LogP contribution in [-0.2, 0) is 9.53 Å². The molecule has 1 saturated carbocycles. The van der Waals surface area contributed by atoms with Crippen molar-refractivity contribution < 1.29 is 9.53 Å².